The number of hydrogen-bond donors (Lipinski definition) is 2. The van der Waals surface area contributed by atoms with Crippen molar-refractivity contribution in [1.82, 2.24) is 5.32 Å². The molecule has 0 unspecified atom stereocenters. The molecule has 1 aromatic carbocycles. The highest BCUT2D eigenvalue weighted by Gasteiger charge is 2.22. The summed E-state index contributed by atoms with van der Waals surface area (Å²) < 4.78 is 0. The van der Waals surface area contributed by atoms with E-state index in [9.17, 15) is 9.90 Å². The zero-order valence-electron chi connectivity index (χ0n) is 11.2. The topological polar surface area (TPSA) is 49.3 Å². The number of alkyl halides is 1. The van der Waals surface area contributed by atoms with Gasteiger partial charge in [-0.2, -0.15) is 0 Å². The molecule has 0 atom stereocenters. The van der Waals surface area contributed by atoms with Crippen LogP contribution in [0.3, 0.4) is 0 Å². The van der Waals surface area contributed by atoms with E-state index in [1.165, 1.54) is 0 Å². The van der Waals surface area contributed by atoms with Crippen molar-refractivity contribution in [3.05, 3.63) is 29.3 Å². The molecule has 1 saturated carbocycles. The van der Waals surface area contributed by atoms with Gasteiger partial charge in [0.05, 0.1) is 0 Å². The van der Waals surface area contributed by atoms with Crippen LogP contribution in [-0.4, -0.2) is 22.4 Å². The van der Waals surface area contributed by atoms with Crippen LogP contribution in [0.25, 0.3) is 0 Å². The number of nitrogens with one attached hydrogen (secondary N) is 1. The van der Waals surface area contributed by atoms with Gasteiger partial charge in [0.25, 0.3) is 5.91 Å². The molecule has 1 amide bonds. The van der Waals surface area contributed by atoms with E-state index in [1.807, 2.05) is 0 Å². The highest BCUT2D eigenvalue weighted by molar-refractivity contribution is 9.09. The van der Waals surface area contributed by atoms with Crippen LogP contribution in [0, 0.1) is 12.8 Å². The predicted octanol–water partition coefficient (Wildman–Crippen LogP) is 3.38. The lowest BCUT2D eigenvalue weighted by atomic mass is 9.87. The van der Waals surface area contributed by atoms with E-state index >= 15 is 0 Å². The number of halogens is 1. The molecule has 19 heavy (non-hydrogen) atoms. The van der Waals surface area contributed by atoms with Gasteiger partial charge in [0.1, 0.15) is 5.75 Å². The van der Waals surface area contributed by atoms with Crippen molar-refractivity contribution in [2.45, 2.75) is 38.6 Å². The summed E-state index contributed by atoms with van der Waals surface area (Å²) in [6, 6.07) is 5.34. The molecule has 0 bridgehead atoms. The van der Waals surface area contributed by atoms with Crippen molar-refractivity contribution in [2.75, 3.05) is 5.33 Å². The quantitative estimate of drug-likeness (QED) is 0.837. The van der Waals surface area contributed by atoms with Crippen LogP contribution in [0.2, 0.25) is 0 Å². The van der Waals surface area contributed by atoms with E-state index in [1.54, 1.807) is 25.1 Å². The molecule has 0 heterocycles. The Kier molecular flexibility index (Phi) is 4.86. The maximum absolute atomic E-state index is 12.2. The Labute approximate surface area is 122 Å². The Morgan fingerprint density at radius 3 is 2.68 bits per heavy atom. The summed E-state index contributed by atoms with van der Waals surface area (Å²) >= 11 is 3.52. The fourth-order valence-electron chi connectivity index (χ4n) is 2.59. The van der Waals surface area contributed by atoms with Crippen molar-refractivity contribution in [2.24, 2.45) is 5.92 Å². The largest absolute Gasteiger partial charge is 0.508 e. The molecular formula is C15H20BrNO2. The fraction of sp³-hybridized carbons (Fsp3) is 0.533. The van der Waals surface area contributed by atoms with Gasteiger partial charge in [-0.1, -0.05) is 22.0 Å². The Morgan fingerprint density at radius 1 is 1.37 bits per heavy atom. The normalized spacial score (nSPS) is 23.1. The van der Waals surface area contributed by atoms with Gasteiger partial charge in [-0.25, -0.2) is 0 Å². The standard InChI is InChI=1S/C15H20BrNO2/c1-10-13(3-2-4-14(10)18)15(19)17-12-7-5-11(9-16)6-8-12/h2-4,11-12,18H,5-9H2,1H3,(H,17,19). The highest BCUT2D eigenvalue weighted by Crippen LogP contribution is 2.26. The first-order chi connectivity index (χ1) is 9.11. The number of rotatable bonds is 3. The molecule has 0 spiro atoms. The smallest absolute Gasteiger partial charge is 0.251 e. The van der Waals surface area contributed by atoms with Crippen molar-refractivity contribution in [3.63, 3.8) is 0 Å². The van der Waals surface area contributed by atoms with Gasteiger partial charge in [-0.05, 0) is 50.7 Å². The molecule has 2 rings (SSSR count). The van der Waals surface area contributed by atoms with Gasteiger partial charge >= 0.3 is 0 Å². The van der Waals surface area contributed by atoms with Gasteiger partial charge in [0, 0.05) is 22.5 Å². The molecule has 1 aliphatic rings. The van der Waals surface area contributed by atoms with Gasteiger partial charge in [-0.15, -0.1) is 0 Å². The average molecular weight is 326 g/mol. The number of aromatic hydroxyl groups is 1. The first-order valence-corrected chi connectivity index (χ1v) is 7.89. The number of benzene rings is 1. The van der Waals surface area contributed by atoms with Crippen molar-refractivity contribution >= 4 is 21.8 Å². The van der Waals surface area contributed by atoms with Crippen LogP contribution in [0.1, 0.15) is 41.6 Å². The van der Waals surface area contributed by atoms with Gasteiger partial charge < -0.3 is 10.4 Å². The summed E-state index contributed by atoms with van der Waals surface area (Å²) in [6.45, 7) is 1.77. The lowest BCUT2D eigenvalue weighted by Crippen LogP contribution is -2.38. The SMILES string of the molecule is Cc1c(O)cccc1C(=O)NC1CCC(CBr)CC1. The lowest BCUT2D eigenvalue weighted by Gasteiger charge is -2.28. The van der Waals surface area contributed by atoms with E-state index in [0.29, 0.717) is 11.1 Å². The molecule has 1 aromatic rings. The van der Waals surface area contributed by atoms with E-state index in [0.717, 1.165) is 36.9 Å². The van der Waals surface area contributed by atoms with E-state index in [4.69, 9.17) is 0 Å². The van der Waals surface area contributed by atoms with Crippen molar-refractivity contribution < 1.29 is 9.90 Å². The first-order valence-electron chi connectivity index (χ1n) is 6.77. The average Bonchev–Trinajstić information content (AvgIpc) is 2.42. The van der Waals surface area contributed by atoms with Gasteiger partial charge in [0.15, 0.2) is 0 Å². The lowest BCUT2D eigenvalue weighted by molar-refractivity contribution is 0.0922. The van der Waals surface area contributed by atoms with E-state index < -0.39 is 0 Å². The van der Waals surface area contributed by atoms with Gasteiger partial charge in [0.2, 0.25) is 0 Å². The minimum absolute atomic E-state index is 0.0734. The van der Waals surface area contributed by atoms with Gasteiger partial charge in [-0.3, -0.25) is 4.79 Å². The van der Waals surface area contributed by atoms with Crippen LogP contribution in [-0.2, 0) is 0 Å². The van der Waals surface area contributed by atoms with Crippen LogP contribution in [0.5, 0.6) is 5.75 Å². The van der Waals surface area contributed by atoms with Crippen molar-refractivity contribution in [3.8, 4) is 5.75 Å². The van der Waals surface area contributed by atoms with Crippen LogP contribution >= 0.6 is 15.9 Å². The molecule has 4 heteroatoms. The van der Waals surface area contributed by atoms with Crippen molar-refractivity contribution in [1.29, 1.82) is 0 Å². The first kappa shape index (κ1) is 14.4. The fourth-order valence-corrected chi connectivity index (χ4v) is 3.24. The molecule has 1 fully saturated rings. The van der Waals surface area contributed by atoms with Crippen LogP contribution in [0.15, 0.2) is 18.2 Å². The Morgan fingerprint density at radius 2 is 2.05 bits per heavy atom. The number of phenolic OH excluding ortho intramolecular Hbond substituents is 1. The second-order valence-corrected chi connectivity index (χ2v) is 5.94. The Bertz CT molecular complexity index is 453. The third kappa shape index (κ3) is 3.50. The third-order valence-electron chi connectivity index (χ3n) is 3.95. The molecule has 1 aliphatic carbocycles. The monoisotopic (exact) mass is 325 g/mol. The molecule has 104 valence electrons. The zero-order chi connectivity index (χ0) is 13.8. The third-order valence-corrected chi connectivity index (χ3v) is 4.87. The highest BCUT2D eigenvalue weighted by atomic mass is 79.9. The minimum Gasteiger partial charge on any atom is -0.508 e. The number of carbonyl (C=O) groups excluding carboxylic acids is 1. The second-order valence-electron chi connectivity index (χ2n) is 5.30. The zero-order valence-corrected chi connectivity index (χ0v) is 12.7. The molecule has 0 aliphatic heterocycles. The summed E-state index contributed by atoms with van der Waals surface area (Å²) in [4.78, 5) is 12.2. The molecule has 0 saturated heterocycles. The number of amides is 1. The predicted molar refractivity (Wildman–Crippen MR) is 79.9 cm³/mol. The molecule has 0 radical (unpaired) electrons. The van der Waals surface area contributed by atoms with E-state index in [-0.39, 0.29) is 17.7 Å². The van der Waals surface area contributed by atoms with Crippen LogP contribution in [0.4, 0.5) is 0 Å². The van der Waals surface area contributed by atoms with Crippen LogP contribution < -0.4 is 5.32 Å². The maximum Gasteiger partial charge on any atom is 0.251 e. The summed E-state index contributed by atoms with van der Waals surface area (Å²) in [7, 11) is 0. The molecule has 0 aromatic heterocycles. The maximum atomic E-state index is 12.2. The number of hydrogen-bond acceptors (Lipinski definition) is 2. The number of phenols is 1. The minimum atomic E-state index is -0.0734. The second kappa shape index (κ2) is 6.42. The Hall–Kier alpha value is -1.03. The summed E-state index contributed by atoms with van der Waals surface area (Å²) in [5.41, 5.74) is 1.22. The molecule has 2 N–H and O–H groups in total. The summed E-state index contributed by atoms with van der Waals surface area (Å²) in [5, 5.41) is 13.8. The van der Waals surface area contributed by atoms with E-state index in [2.05, 4.69) is 21.2 Å². The molecule has 3 nitrogen and oxygen atoms in total. The number of carbonyl (C=O) groups is 1. The molecular weight excluding hydrogens is 306 g/mol. The Balaban J connectivity index is 1.96. The summed E-state index contributed by atoms with van der Waals surface area (Å²) in [6.07, 6.45) is 4.41. The summed E-state index contributed by atoms with van der Waals surface area (Å²) in [5.74, 6) is 0.849.